The van der Waals surface area contributed by atoms with Gasteiger partial charge in [0.25, 0.3) is 0 Å². The van der Waals surface area contributed by atoms with E-state index in [-0.39, 0.29) is 0 Å². The number of aryl methyl sites for hydroxylation is 2. The van der Waals surface area contributed by atoms with E-state index in [9.17, 15) is 0 Å². The van der Waals surface area contributed by atoms with Gasteiger partial charge in [0, 0.05) is 0 Å². The third-order valence-electron chi connectivity index (χ3n) is 7.74. The SMILES string of the molecule is Cc1ccccc1-c1cc2ccccc2c(-c2c(C)c(-c3ccccc3C)cc3ccccc23)c1C. The van der Waals surface area contributed by atoms with Crippen LogP contribution in [0.4, 0.5) is 0 Å². The summed E-state index contributed by atoms with van der Waals surface area (Å²) in [6, 6.07) is 39.9. The van der Waals surface area contributed by atoms with Crippen molar-refractivity contribution in [3.05, 3.63) is 131 Å². The average molecular weight is 463 g/mol. The van der Waals surface area contributed by atoms with E-state index in [1.807, 2.05) is 0 Å². The van der Waals surface area contributed by atoms with Gasteiger partial charge < -0.3 is 0 Å². The minimum atomic E-state index is 1.28. The third-order valence-corrected chi connectivity index (χ3v) is 7.74. The van der Waals surface area contributed by atoms with Gasteiger partial charge in [0.2, 0.25) is 0 Å². The van der Waals surface area contributed by atoms with Crippen molar-refractivity contribution in [2.24, 2.45) is 0 Å². The summed E-state index contributed by atoms with van der Waals surface area (Å²) < 4.78 is 0. The Bertz CT molecular complexity index is 1630. The summed E-state index contributed by atoms with van der Waals surface area (Å²) in [7, 11) is 0. The highest BCUT2D eigenvalue weighted by Gasteiger charge is 2.20. The molecule has 0 radical (unpaired) electrons. The smallest absolute Gasteiger partial charge is 0.00608 e. The number of benzene rings is 6. The predicted molar refractivity (Wildman–Crippen MR) is 157 cm³/mol. The summed E-state index contributed by atoms with van der Waals surface area (Å²) in [5, 5.41) is 5.17. The zero-order valence-electron chi connectivity index (χ0n) is 21.4. The van der Waals surface area contributed by atoms with Crippen molar-refractivity contribution in [1.29, 1.82) is 0 Å². The van der Waals surface area contributed by atoms with Crippen molar-refractivity contribution in [3.8, 4) is 33.4 Å². The van der Waals surface area contributed by atoms with Gasteiger partial charge in [-0.25, -0.2) is 0 Å². The standard InChI is InChI=1S/C36H30/c1-23-13-5-9-17-29(23)33-21-27-15-7-11-19-31(27)35(25(33)3)36-26(4)34(30-18-10-6-14-24(30)2)22-28-16-8-12-20-32(28)36/h5-22H,1-4H3. The molecule has 0 saturated heterocycles. The Labute approximate surface area is 213 Å². The maximum atomic E-state index is 2.37. The number of rotatable bonds is 3. The molecule has 0 aliphatic heterocycles. The van der Waals surface area contributed by atoms with Gasteiger partial charge in [-0.1, -0.05) is 97.1 Å². The third kappa shape index (κ3) is 3.53. The van der Waals surface area contributed by atoms with Crippen molar-refractivity contribution in [3.63, 3.8) is 0 Å². The van der Waals surface area contributed by atoms with Crippen molar-refractivity contribution < 1.29 is 0 Å². The minimum Gasteiger partial charge on any atom is -0.0620 e. The Hall–Kier alpha value is -4.16. The predicted octanol–water partition coefficient (Wildman–Crippen LogP) is 10.2. The molecular weight excluding hydrogens is 432 g/mol. The molecule has 0 aliphatic carbocycles. The molecular formula is C36H30. The second-order valence-electron chi connectivity index (χ2n) is 9.92. The maximum Gasteiger partial charge on any atom is -0.00608 e. The lowest BCUT2D eigenvalue weighted by Gasteiger charge is -2.22. The summed E-state index contributed by atoms with van der Waals surface area (Å²) in [5.41, 5.74) is 13.2. The first-order valence-electron chi connectivity index (χ1n) is 12.7. The molecule has 0 heteroatoms. The summed E-state index contributed by atoms with van der Waals surface area (Å²) in [6.45, 7) is 9.03. The highest BCUT2D eigenvalue weighted by Crippen LogP contribution is 2.45. The van der Waals surface area contributed by atoms with Gasteiger partial charge >= 0.3 is 0 Å². The first-order valence-corrected chi connectivity index (χ1v) is 12.7. The minimum absolute atomic E-state index is 1.28. The molecule has 6 aromatic rings. The lowest BCUT2D eigenvalue weighted by atomic mass is 9.81. The van der Waals surface area contributed by atoms with Crippen LogP contribution in [0.15, 0.2) is 109 Å². The molecule has 36 heavy (non-hydrogen) atoms. The molecule has 0 spiro atoms. The van der Waals surface area contributed by atoms with E-state index in [0.717, 1.165) is 0 Å². The van der Waals surface area contributed by atoms with E-state index in [2.05, 4.69) is 137 Å². The molecule has 0 amide bonds. The van der Waals surface area contributed by atoms with Crippen LogP contribution in [0.25, 0.3) is 54.9 Å². The fourth-order valence-corrected chi connectivity index (χ4v) is 5.86. The van der Waals surface area contributed by atoms with Crippen molar-refractivity contribution in [2.45, 2.75) is 27.7 Å². The van der Waals surface area contributed by atoms with Crippen LogP contribution in [-0.2, 0) is 0 Å². The molecule has 0 fully saturated rings. The molecule has 0 aromatic heterocycles. The van der Waals surface area contributed by atoms with Gasteiger partial charge in [0.1, 0.15) is 0 Å². The Kier molecular flexibility index (Phi) is 5.46. The Balaban J connectivity index is 1.79. The van der Waals surface area contributed by atoms with Gasteiger partial charge in [0.15, 0.2) is 0 Å². The van der Waals surface area contributed by atoms with Gasteiger partial charge in [-0.3, -0.25) is 0 Å². The van der Waals surface area contributed by atoms with E-state index in [0.29, 0.717) is 0 Å². The lowest BCUT2D eigenvalue weighted by Crippen LogP contribution is -1.98. The zero-order chi connectivity index (χ0) is 24.8. The van der Waals surface area contributed by atoms with Crippen LogP contribution in [-0.4, -0.2) is 0 Å². The van der Waals surface area contributed by atoms with Crippen molar-refractivity contribution in [1.82, 2.24) is 0 Å². The van der Waals surface area contributed by atoms with E-state index in [1.54, 1.807) is 0 Å². The van der Waals surface area contributed by atoms with Crippen LogP contribution in [0.2, 0.25) is 0 Å². The van der Waals surface area contributed by atoms with Crippen molar-refractivity contribution in [2.75, 3.05) is 0 Å². The van der Waals surface area contributed by atoms with Crippen molar-refractivity contribution >= 4 is 21.5 Å². The molecule has 0 unspecified atom stereocenters. The molecule has 0 bridgehead atoms. The zero-order valence-corrected chi connectivity index (χ0v) is 21.4. The average Bonchev–Trinajstić information content (AvgIpc) is 2.90. The molecule has 0 N–H and O–H groups in total. The molecule has 6 rings (SSSR count). The topological polar surface area (TPSA) is 0 Å². The molecule has 0 atom stereocenters. The largest absolute Gasteiger partial charge is 0.0620 e. The Morgan fingerprint density at radius 3 is 1.14 bits per heavy atom. The second kappa shape index (κ2) is 8.81. The van der Waals surface area contributed by atoms with Crippen LogP contribution in [0.5, 0.6) is 0 Å². The molecule has 6 aromatic carbocycles. The first kappa shape index (κ1) is 22.3. The van der Waals surface area contributed by atoms with Gasteiger partial charge in [-0.15, -0.1) is 0 Å². The highest BCUT2D eigenvalue weighted by molar-refractivity contribution is 6.11. The van der Waals surface area contributed by atoms with Crippen LogP contribution in [0, 0.1) is 27.7 Å². The summed E-state index contributed by atoms with van der Waals surface area (Å²) in [4.78, 5) is 0. The van der Waals surface area contributed by atoms with E-state index >= 15 is 0 Å². The normalized spacial score (nSPS) is 11.3. The number of hydrogen-bond donors (Lipinski definition) is 0. The van der Waals surface area contributed by atoms with Crippen LogP contribution in [0.3, 0.4) is 0 Å². The highest BCUT2D eigenvalue weighted by atomic mass is 14.2. The summed E-state index contributed by atoms with van der Waals surface area (Å²) in [5.74, 6) is 0. The Morgan fingerprint density at radius 1 is 0.361 bits per heavy atom. The fourth-order valence-electron chi connectivity index (χ4n) is 5.86. The molecule has 174 valence electrons. The number of fused-ring (bicyclic) bond motifs is 2. The van der Waals surface area contributed by atoms with Gasteiger partial charge in [-0.05, 0) is 117 Å². The first-order chi connectivity index (χ1) is 17.5. The quantitative estimate of drug-likeness (QED) is 0.245. The lowest BCUT2D eigenvalue weighted by molar-refractivity contribution is 1.40. The molecule has 0 aliphatic rings. The maximum absolute atomic E-state index is 2.37. The van der Waals surface area contributed by atoms with E-state index in [1.165, 1.54) is 77.2 Å². The fraction of sp³-hybridized carbons (Fsp3) is 0.111. The van der Waals surface area contributed by atoms with Crippen LogP contribution in [0.1, 0.15) is 22.3 Å². The Morgan fingerprint density at radius 2 is 0.722 bits per heavy atom. The molecule has 0 saturated carbocycles. The van der Waals surface area contributed by atoms with E-state index in [4.69, 9.17) is 0 Å². The second-order valence-corrected chi connectivity index (χ2v) is 9.92. The summed E-state index contributed by atoms with van der Waals surface area (Å²) >= 11 is 0. The van der Waals surface area contributed by atoms with Crippen LogP contribution < -0.4 is 0 Å². The molecule has 0 heterocycles. The van der Waals surface area contributed by atoms with Gasteiger partial charge in [0.05, 0.1) is 0 Å². The number of hydrogen-bond acceptors (Lipinski definition) is 0. The monoisotopic (exact) mass is 462 g/mol. The molecule has 0 nitrogen and oxygen atoms in total. The van der Waals surface area contributed by atoms with Crippen LogP contribution >= 0.6 is 0 Å². The van der Waals surface area contributed by atoms with E-state index < -0.39 is 0 Å². The summed E-state index contributed by atoms with van der Waals surface area (Å²) in [6.07, 6.45) is 0. The van der Waals surface area contributed by atoms with Gasteiger partial charge in [-0.2, -0.15) is 0 Å².